The van der Waals surface area contributed by atoms with Crippen LogP contribution in [0.2, 0.25) is 0 Å². The van der Waals surface area contributed by atoms with E-state index in [1.165, 1.54) is 0 Å². The minimum Gasteiger partial charge on any atom is -0.351 e. The van der Waals surface area contributed by atoms with Crippen molar-refractivity contribution in [3.8, 4) is 0 Å². The first-order valence-corrected chi connectivity index (χ1v) is 6.55. The minimum atomic E-state index is -0.983. The topological polar surface area (TPSA) is 55.1 Å². The van der Waals surface area contributed by atoms with Gasteiger partial charge in [0.25, 0.3) is 0 Å². The Labute approximate surface area is 122 Å². The van der Waals surface area contributed by atoms with Crippen molar-refractivity contribution in [2.24, 2.45) is 11.7 Å². The third kappa shape index (κ3) is 4.51. The highest BCUT2D eigenvalue weighted by Gasteiger charge is 2.31. The highest BCUT2D eigenvalue weighted by atomic mass is 35.5. The zero-order chi connectivity index (χ0) is 13.8. The lowest BCUT2D eigenvalue weighted by atomic mass is 9.91. The number of rotatable bonds is 5. The molecule has 1 rings (SSSR count). The SMILES string of the molecule is CCC(C)C(C)NC(=O)C(C)(N)c1ccccc1.Cl. The Kier molecular flexibility index (Phi) is 7.09. The number of carbonyl (C=O) groups is 1. The molecule has 3 atom stereocenters. The van der Waals surface area contributed by atoms with Gasteiger partial charge in [-0.3, -0.25) is 4.79 Å². The summed E-state index contributed by atoms with van der Waals surface area (Å²) in [6.07, 6.45) is 1.04. The third-order valence-corrected chi connectivity index (χ3v) is 3.70. The molecule has 0 bridgehead atoms. The van der Waals surface area contributed by atoms with Crippen molar-refractivity contribution in [2.45, 2.75) is 45.7 Å². The first kappa shape index (κ1) is 17.9. The Morgan fingerprint density at radius 1 is 1.32 bits per heavy atom. The Hall–Kier alpha value is -1.06. The fraction of sp³-hybridized carbons (Fsp3) is 0.533. The van der Waals surface area contributed by atoms with E-state index in [-0.39, 0.29) is 24.4 Å². The van der Waals surface area contributed by atoms with Crippen LogP contribution < -0.4 is 11.1 Å². The molecule has 0 heterocycles. The van der Waals surface area contributed by atoms with E-state index in [0.717, 1.165) is 12.0 Å². The van der Waals surface area contributed by atoms with Crippen LogP contribution in [0.3, 0.4) is 0 Å². The first-order chi connectivity index (χ1) is 8.39. The van der Waals surface area contributed by atoms with Gasteiger partial charge in [0.05, 0.1) is 0 Å². The Balaban J connectivity index is 0.00000324. The maximum Gasteiger partial charge on any atom is 0.244 e. The predicted molar refractivity (Wildman–Crippen MR) is 82.3 cm³/mol. The molecule has 0 aliphatic carbocycles. The summed E-state index contributed by atoms with van der Waals surface area (Å²) in [5.41, 5.74) is 6.01. The molecular weight excluding hydrogens is 260 g/mol. The lowest BCUT2D eigenvalue weighted by Crippen LogP contribution is -2.52. The van der Waals surface area contributed by atoms with Crippen LogP contribution in [0.25, 0.3) is 0 Å². The van der Waals surface area contributed by atoms with Gasteiger partial charge in [0.1, 0.15) is 5.54 Å². The largest absolute Gasteiger partial charge is 0.351 e. The highest BCUT2D eigenvalue weighted by Crippen LogP contribution is 2.18. The van der Waals surface area contributed by atoms with Gasteiger partial charge >= 0.3 is 0 Å². The summed E-state index contributed by atoms with van der Waals surface area (Å²) in [5, 5.41) is 3.01. The van der Waals surface area contributed by atoms with Gasteiger partial charge in [-0.15, -0.1) is 12.4 Å². The second-order valence-electron chi connectivity index (χ2n) is 5.22. The zero-order valence-electron chi connectivity index (χ0n) is 12.1. The molecule has 3 nitrogen and oxygen atoms in total. The molecule has 0 aromatic heterocycles. The van der Waals surface area contributed by atoms with Crippen LogP contribution in [0.5, 0.6) is 0 Å². The summed E-state index contributed by atoms with van der Waals surface area (Å²) in [6, 6.07) is 9.60. The summed E-state index contributed by atoms with van der Waals surface area (Å²) in [5.74, 6) is 0.321. The fourth-order valence-corrected chi connectivity index (χ4v) is 1.77. The van der Waals surface area contributed by atoms with E-state index >= 15 is 0 Å². The average molecular weight is 285 g/mol. The number of carbonyl (C=O) groups excluding carboxylic acids is 1. The maximum atomic E-state index is 12.3. The van der Waals surface area contributed by atoms with Crippen molar-refractivity contribution in [2.75, 3.05) is 0 Å². The molecule has 0 radical (unpaired) electrons. The van der Waals surface area contributed by atoms with Crippen molar-refractivity contribution >= 4 is 18.3 Å². The summed E-state index contributed by atoms with van der Waals surface area (Å²) < 4.78 is 0. The molecule has 0 spiro atoms. The van der Waals surface area contributed by atoms with Crippen molar-refractivity contribution in [1.29, 1.82) is 0 Å². The first-order valence-electron chi connectivity index (χ1n) is 6.55. The van der Waals surface area contributed by atoms with Crippen molar-refractivity contribution in [3.63, 3.8) is 0 Å². The molecule has 1 aromatic carbocycles. The fourth-order valence-electron chi connectivity index (χ4n) is 1.77. The number of hydrogen-bond donors (Lipinski definition) is 2. The summed E-state index contributed by atoms with van der Waals surface area (Å²) >= 11 is 0. The molecule has 108 valence electrons. The molecule has 0 saturated heterocycles. The molecule has 0 fully saturated rings. The Morgan fingerprint density at radius 2 is 1.84 bits per heavy atom. The molecule has 0 saturated carbocycles. The van der Waals surface area contributed by atoms with Gasteiger partial charge in [0, 0.05) is 6.04 Å². The Bertz CT molecular complexity index is 392. The molecule has 1 aromatic rings. The van der Waals surface area contributed by atoms with Crippen LogP contribution in [0.15, 0.2) is 30.3 Å². The van der Waals surface area contributed by atoms with Gasteiger partial charge in [-0.25, -0.2) is 0 Å². The van der Waals surface area contributed by atoms with Gasteiger partial charge in [-0.1, -0.05) is 50.6 Å². The number of hydrogen-bond acceptors (Lipinski definition) is 2. The summed E-state index contributed by atoms with van der Waals surface area (Å²) in [6.45, 7) is 8.02. The lowest BCUT2D eigenvalue weighted by molar-refractivity contribution is -0.127. The summed E-state index contributed by atoms with van der Waals surface area (Å²) in [4.78, 5) is 12.3. The van der Waals surface area contributed by atoms with Crippen LogP contribution in [0.4, 0.5) is 0 Å². The van der Waals surface area contributed by atoms with Gasteiger partial charge < -0.3 is 11.1 Å². The lowest BCUT2D eigenvalue weighted by Gasteiger charge is -2.28. The standard InChI is InChI=1S/C15H24N2O.ClH/c1-5-11(2)12(3)17-14(18)15(4,16)13-9-7-6-8-10-13;/h6-12H,5,16H2,1-4H3,(H,17,18);1H. The van der Waals surface area contributed by atoms with Crippen LogP contribution in [-0.4, -0.2) is 11.9 Å². The van der Waals surface area contributed by atoms with E-state index in [4.69, 9.17) is 5.73 Å². The average Bonchev–Trinajstić information content (AvgIpc) is 2.38. The van der Waals surface area contributed by atoms with Gasteiger partial charge in [-0.2, -0.15) is 0 Å². The highest BCUT2D eigenvalue weighted by molar-refractivity contribution is 5.87. The van der Waals surface area contributed by atoms with E-state index in [1.807, 2.05) is 37.3 Å². The monoisotopic (exact) mass is 284 g/mol. The molecular formula is C15H25ClN2O. The van der Waals surface area contributed by atoms with Crippen LogP contribution in [0.1, 0.15) is 39.7 Å². The van der Waals surface area contributed by atoms with E-state index in [9.17, 15) is 4.79 Å². The predicted octanol–water partition coefficient (Wildman–Crippen LogP) is 2.83. The molecule has 4 heteroatoms. The second kappa shape index (κ2) is 7.51. The number of halogens is 1. The van der Waals surface area contributed by atoms with Crippen LogP contribution in [0, 0.1) is 5.92 Å². The third-order valence-electron chi connectivity index (χ3n) is 3.70. The molecule has 1 amide bonds. The molecule has 3 N–H and O–H groups in total. The number of amides is 1. The van der Waals surface area contributed by atoms with Crippen LogP contribution >= 0.6 is 12.4 Å². The number of nitrogens with one attached hydrogen (secondary N) is 1. The van der Waals surface area contributed by atoms with E-state index < -0.39 is 5.54 Å². The van der Waals surface area contributed by atoms with Crippen molar-refractivity contribution < 1.29 is 4.79 Å². The number of benzene rings is 1. The minimum absolute atomic E-state index is 0. The van der Waals surface area contributed by atoms with Gasteiger partial charge in [0.15, 0.2) is 0 Å². The smallest absolute Gasteiger partial charge is 0.244 e. The maximum absolute atomic E-state index is 12.3. The van der Waals surface area contributed by atoms with Crippen LogP contribution in [-0.2, 0) is 10.3 Å². The summed E-state index contributed by atoms with van der Waals surface area (Å²) in [7, 11) is 0. The van der Waals surface area contributed by atoms with E-state index in [0.29, 0.717) is 5.92 Å². The van der Waals surface area contributed by atoms with E-state index in [2.05, 4.69) is 19.2 Å². The molecule has 0 aliphatic heterocycles. The molecule has 0 aliphatic rings. The zero-order valence-corrected chi connectivity index (χ0v) is 13.0. The van der Waals surface area contributed by atoms with Gasteiger partial charge in [-0.05, 0) is 25.3 Å². The Morgan fingerprint density at radius 3 is 2.32 bits per heavy atom. The molecule has 19 heavy (non-hydrogen) atoms. The normalized spacial score (nSPS) is 16.7. The second-order valence-corrected chi connectivity index (χ2v) is 5.22. The van der Waals surface area contributed by atoms with E-state index in [1.54, 1.807) is 6.92 Å². The molecule has 3 unspecified atom stereocenters. The quantitative estimate of drug-likeness (QED) is 0.873. The van der Waals surface area contributed by atoms with Crippen molar-refractivity contribution in [3.05, 3.63) is 35.9 Å². The number of nitrogens with two attached hydrogens (primary N) is 1. The van der Waals surface area contributed by atoms with Crippen molar-refractivity contribution in [1.82, 2.24) is 5.32 Å². The van der Waals surface area contributed by atoms with Gasteiger partial charge in [0.2, 0.25) is 5.91 Å².